The lowest BCUT2D eigenvalue weighted by Crippen LogP contribution is -2.45. The van der Waals surface area contributed by atoms with Crippen molar-refractivity contribution in [2.24, 2.45) is 0 Å². The Kier molecular flexibility index (Phi) is 5.52. The van der Waals surface area contributed by atoms with Crippen molar-refractivity contribution in [1.82, 2.24) is 9.80 Å². The highest BCUT2D eigenvalue weighted by Gasteiger charge is 2.17. The number of phenols is 1. The third kappa shape index (κ3) is 3.78. The monoisotopic (exact) mass is 298 g/mol. The molecule has 1 aliphatic heterocycles. The Hall–Kier alpha value is -0.970. The Morgan fingerprint density at radius 1 is 1.20 bits per heavy atom. The zero-order valence-corrected chi connectivity index (χ0v) is 13.0. The van der Waals surface area contributed by atoms with Gasteiger partial charge >= 0.3 is 0 Å². The van der Waals surface area contributed by atoms with Crippen LogP contribution in [-0.2, 0) is 6.54 Å². The molecule has 1 N–H and O–H groups in total. The SMILES string of the molecule is CCCN1CCN(Cc2cc(Cl)c(O)c(OC)c2)CC1. The van der Waals surface area contributed by atoms with E-state index < -0.39 is 0 Å². The molecule has 0 bridgehead atoms. The molecule has 1 aromatic carbocycles. The summed E-state index contributed by atoms with van der Waals surface area (Å²) < 4.78 is 5.14. The first kappa shape index (κ1) is 15.4. The molecule has 1 fully saturated rings. The molecule has 4 nitrogen and oxygen atoms in total. The van der Waals surface area contributed by atoms with E-state index >= 15 is 0 Å². The summed E-state index contributed by atoms with van der Waals surface area (Å²) in [6, 6.07) is 3.68. The number of aromatic hydroxyl groups is 1. The van der Waals surface area contributed by atoms with Gasteiger partial charge in [-0.25, -0.2) is 0 Å². The first-order valence-electron chi connectivity index (χ1n) is 7.14. The number of piperazine rings is 1. The van der Waals surface area contributed by atoms with Gasteiger partial charge in [-0.05, 0) is 30.7 Å². The van der Waals surface area contributed by atoms with Gasteiger partial charge in [-0.2, -0.15) is 0 Å². The molecular weight excluding hydrogens is 276 g/mol. The molecule has 0 atom stereocenters. The lowest BCUT2D eigenvalue weighted by Gasteiger charge is -2.34. The van der Waals surface area contributed by atoms with Gasteiger partial charge in [0.15, 0.2) is 11.5 Å². The zero-order valence-electron chi connectivity index (χ0n) is 12.2. The minimum Gasteiger partial charge on any atom is -0.503 e. The molecule has 5 heteroatoms. The van der Waals surface area contributed by atoms with Crippen LogP contribution in [0.25, 0.3) is 0 Å². The minimum atomic E-state index is 0.0191. The van der Waals surface area contributed by atoms with Crippen molar-refractivity contribution < 1.29 is 9.84 Å². The number of nitrogens with zero attached hydrogens (tertiary/aromatic N) is 2. The maximum absolute atomic E-state index is 9.74. The maximum atomic E-state index is 9.74. The quantitative estimate of drug-likeness (QED) is 0.906. The average molecular weight is 299 g/mol. The van der Waals surface area contributed by atoms with Gasteiger partial charge in [-0.15, -0.1) is 0 Å². The third-order valence-corrected chi connectivity index (χ3v) is 4.01. The van der Waals surface area contributed by atoms with E-state index in [1.807, 2.05) is 12.1 Å². The average Bonchev–Trinajstić information content (AvgIpc) is 2.45. The Morgan fingerprint density at radius 3 is 2.45 bits per heavy atom. The van der Waals surface area contributed by atoms with Crippen molar-refractivity contribution in [1.29, 1.82) is 0 Å². The Labute approximate surface area is 125 Å². The first-order chi connectivity index (χ1) is 9.63. The lowest BCUT2D eigenvalue weighted by molar-refractivity contribution is 0.127. The van der Waals surface area contributed by atoms with Crippen LogP contribution in [0.3, 0.4) is 0 Å². The fourth-order valence-electron chi connectivity index (χ4n) is 2.62. The van der Waals surface area contributed by atoms with Crippen molar-refractivity contribution >= 4 is 11.6 Å². The van der Waals surface area contributed by atoms with Gasteiger partial charge < -0.3 is 14.7 Å². The molecule has 0 aromatic heterocycles. The van der Waals surface area contributed by atoms with Gasteiger partial charge in [-0.3, -0.25) is 4.90 Å². The highest BCUT2D eigenvalue weighted by atomic mass is 35.5. The molecule has 0 spiro atoms. The Balaban J connectivity index is 1.96. The number of methoxy groups -OCH3 is 1. The fourth-order valence-corrected chi connectivity index (χ4v) is 2.85. The van der Waals surface area contributed by atoms with Gasteiger partial charge in [0.25, 0.3) is 0 Å². The van der Waals surface area contributed by atoms with Crippen molar-refractivity contribution in [2.45, 2.75) is 19.9 Å². The van der Waals surface area contributed by atoms with E-state index in [1.54, 1.807) is 7.11 Å². The molecule has 1 heterocycles. The summed E-state index contributed by atoms with van der Waals surface area (Å²) in [4.78, 5) is 4.91. The van der Waals surface area contributed by atoms with Crippen LogP contribution in [-0.4, -0.2) is 54.7 Å². The van der Waals surface area contributed by atoms with Gasteiger partial charge in [0.2, 0.25) is 0 Å². The smallest absolute Gasteiger partial charge is 0.176 e. The molecule has 20 heavy (non-hydrogen) atoms. The molecule has 0 unspecified atom stereocenters. The van der Waals surface area contributed by atoms with E-state index in [0.717, 1.165) is 38.3 Å². The molecule has 0 saturated carbocycles. The summed E-state index contributed by atoms with van der Waals surface area (Å²) in [6.45, 7) is 8.63. The standard InChI is InChI=1S/C15H23ClN2O2/c1-3-4-17-5-7-18(8-6-17)11-12-9-13(16)15(19)14(10-12)20-2/h9-10,19H,3-8,11H2,1-2H3. The van der Waals surface area contributed by atoms with Crippen molar-refractivity contribution in [3.8, 4) is 11.5 Å². The number of halogens is 1. The summed E-state index contributed by atoms with van der Waals surface area (Å²) in [5.74, 6) is 0.461. The van der Waals surface area contributed by atoms with Gasteiger partial charge in [0.05, 0.1) is 12.1 Å². The largest absolute Gasteiger partial charge is 0.503 e. The zero-order chi connectivity index (χ0) is 14.5. The van der Waals surface area contributed by atoms with E-state index in [0.29, 0.717) is 10.8 Å². The Morgan fingerprint density at radius 2 is 1.85 bits per heavy atom. The van der Waals surface area contributed by atoms with Crippen LogP contribution in [0.15, 0.2) is 12.1 Å². The molecule has 1 saturated heterocycles. The summed E-state index contributed by atoms with van der Waals surface area (Å²) >= 11 is 6.02. The van der Waals surface area contributed by atoms with Crippen LogP contribution in [0.5, 0.6) is 11.5 Å². The number of rotatable bonds is 5. The van der Waals surface area contributed by atoms with E-state index in [9.17, 15) is 5.11 Å². The van der Waals surface area contributed by atoms with E-state index in [4.69, 9.17) is 16.3 Å². The van der Waals surface area contributed by atoms with E-state index in [-0.39, 0.29) is 5.75 Å². The summed E-state index contributed by atoms with van der Waals surface area (Å²) in [7, 11) is 1.54. The number of benzene rings is 1. The third-order valence-electron chi connectivity index (χ3n) is 3.72. The second kappa shape index (κ2) is 7.16. The van der Waals surface area contributed by atoms with Crippen LogP contribution < -0.4 is 4.74 Å². The minimum absolute atomic E-state index is 0.0191. The van der Waals surface area contributed by atoms with E-state index in [2.05, 4.69) is 16.7 Å². The molecular formula is C15H23ClN2O2. The molecule has 1 aliphatic rings. The second-order valence-corrected chi connectivity index (χ2v) is 5.65. The predicted molar refractivity (Wildman–Crippen MR) is 81.7 cm³/mol. The Bertz CT molecular complexity index is 446. The number of phenolic OH excluding ortho intramolecular Hbond substituents is 1. The lowest BCUT2D eigenvalue weighted by atomic mass is 10.1. The maximum Gasteiger partial charge on any atom is 0.176 e. The van der Waals surface area contributed by atoms with Crippen molar-refractivity contribution in [3.05, 3.63) is 22.7 Å². The molecule has 1 aromatic rings. The molecule has 0 aliphatic carbocycles. The van der Waals surface area contributed by atoms with Crippen LogP contribution in [0, 0.1) is 0 Å². The van der Waals surface area contributed by atoms with Crippen molar-refractivity contribution in [2.75, 3.05) is 39.8 Å². The molecule has 2 rings (SSSR count). The second-order valence-electron chi connectivity index (χ2n) is 5.25. The topological polar surface area (TPSA) is 35.9 Å². The highest BCUT2D eigenvalue weighted by molar-refractivity contribution is 6.32. The number of hydrogen-bond donors (Lipinski definition) is 1. The van der Waals surface area contributed by atoms with Gasteiger partial charge in [-0.1, -0.05) is 18.5 Å². The van der Waals surface area contributed by atoms with Gasteiger partial charge in [0.1, 0.15) is 0 Å². The van der Waals surface area contributed by atoms with Crippen LogP contribution in [0.4, 0.5) is 0 Å². The summed E-state index contributed by atoms with van der Waals surface area (Å²) in [5.41, 5.74) is 1.08. The highest BCUT2D eigenvalue weighted by Crippen LogP contribution is 2.35. The van der Waals surface area contributed by atoms with Crippen molar-refractivity contribution in [3.63, 3.8) is 0 Å². The van der Waals surface area contributed by atoms with Crippen LogP contribution in [0.2, 0.25) is 5.02 Å². The first-order valence-corrected chi connectivity index (χ1v) is 7.52. The normalized spacial score (nSPS) is 17.4. The molecule has 0 radical (unpaired) electrons. The summed E-state index contributed by atoms with van der Waals surface area (Å²) in [5, 5.41) is 10.1. The van der Waals surface area contributed by atoms with Crippen LogP contribution >= 0.6 is 11.6 Å². The molecule has 0 amide bonds. The fraction of sp³-hybridized carbons (Fsp3) is 0.600. The summed E-state index contributed by atoms with van der Waals surface area (Å²) in [6.07, 6.45) is 1.21. The van der Waals surface area contributed by atoms with Gasteiger partial charge in [0, 0.05) is 32.7 Å². The predicted octanol–water partition coefficient (Wildman–Crippen LogP) is 2.58. The van der Waals surface area contributed by atoms with Crippen LogP contribution in [0.1, 0.15) is 18.9 Å². The number of hydrogen-bond acceptors (Lipinski definition) is 4. The molecule has 112 valence electrons. The van der Waals surface area contributed by atoms with E-state index in [1.165, 1.54) is 13.0 Å². The number of ether oxygens (including phenoxy) is 1.